The van der Waals surface area contributed by atoms with Gasteiger partial charge in [-0.05, 0) is 74.3 Å². The Balaban J connectivity index is 1.33. The van der Waals surface area contributed by atoms with E-state index in [0.717, 1.165) is 62.2 Å². The number of likely N-dealkylation sites (tertiary alicyclic amines) is 1. The van der Waals surface area contributed by atoms with Gasteiger partial charge >= 0.3 is 6.18 Å². The van der Waals surface area contributed by atoms with Gasteiger partial charge in [-0.1, -0.05) is 11.6 Å². The van der Waals surface area contributed by atoms with Crippen molar-refractivity contribution in [1.82, 2.24) is 10.2 Å². The van der Waals surface area contributed by atoms with E-state index in [1.165, 1.54) is 0 Å². The Bertz CT molecular complexity index is 1260. The van der Waals surface area contributed by atoms with Crippen LogP contribution in [0.2, 0.25) is 5.02 Å². The van der Waals surface area contributed by atoms with E-state index in [9.17, 15) is 32.3 Å². The lowest BCUT2D eigenvalue weighted by atomic mass is 9.82. The highest BCUT2D eigenvalue weighted by Gasteiger charge is 2.62. The molecule has 224 valence electrons. The molecule has 0 radical (unpaired) electrons. The second-order valence-electron chi connectivity index (χ2n) is 10.7. The van der Waals surface area contributed by atoms with Gasteiger partial charge in [0, 0.05) is 50.5 Å². The van der Waals surface area contributed by atoms with E-state index in [2.05, 4.69) is 10.2 Å². The van der Waals surface area contributed by atoms with E-state index in [4.69, 9.17) is 16.3 Å². The third-order valence-corrected chi connectivity index (χ3v) is 8.53. The summed E-state index contributed by atoms with van der Waals surface area (Å²) in [6.07, 6.45) is -1.56. The van der Waals surface area contributed by atoms with Crippen molar-refractivity contribution in [3.8, 4) is 5.75 Å². The number of aliphatic hydroxyl groups is 1. The zero-order valence-corrected chi connectivity index (χ0v) is 23.7. The van der Waals surface area contributed by atoms with Gasteiger partial charge in [0.15, 0.2) is 0 Å². The van der Waals surface area contributed by atoms with Crippen LogP contribution in [0.15, 0.2) is 36.4 Å². The molecule has 7 nitrogen and oxygen atoms in total. The summed E-state index contributed by atoms with van der Waals surface area (Å²) < 4.78 is 61.2. The molecule has 2 amide bonds. The minimum atomic E-state index is -5.36. The quantitative estimate of drug-likeness (QED) is 0.431. The third-order valence-electron chi connectivity index (χ3n) is 8.22. The van der Waals surface area contributed by atoms with Gasteiger partial charge in [0.1, 0.15) is 11.6 Å². The van der Waals surface area contributed by atoms with Gasteiger partial charge in [0.25, 0.3) is 17.4 Å². The molecular formula is C29H34ClF4N3O4. The number of hydrogen-bond acceptors (Lipinski definition) is 5. The number of nitrogens with zero attached hydrogens (tertiary/aromatic N) is 2. The van der Waals surface area contributed by atoms with E-state index in [0.29, 0.717) is 35.4 Å². The second-order valence-corrected chi connectivity index (χ2v) is 11.1. The molecule has 12 heteroatoms. The van der Waals surface area contributed by atoms with E-state index in [1.54, 1.807) is 19.2 Å². The second kappa shape index (κ2) is 12.4. The van der Waals surface area contributed by atoms with Gasteiger partial charge in [0.05, 0.1) is 17.7 Å². The van der Waals surface area contributed by atoms with Crippen molar-refractivity contribution in [3.63, 3.8) is 0 Å². The molecule has 0 spiro atoms. The average molecular weight is 600 g/mol. The molecule has 2 aliphatic rings. The largest absolute Gasteiger partial charge is 0.497 e. The fourth-order valence-electron chi connectivity index (χ4n) is 5.82. The number of alkyl halides is 3. The molecule has 2 N–H and O–H groups in total. The average Bonchev–Trinajstić information content (AvgIpc) is 2.95. The van der Waals surface area contributed by atoms with Gasteiger partial charge in [-0.15, -0.1) is 0 Å². The molecule has 2 aromatic carbocycles. The Hall–Kier alpha value is -3.05. The molecule has 0 saturated carbocycles. The van der Waals surface area contributed by atoms with Crippen LogP contribution in [0.25, 0.3) is 0 Å². The molecule has 2 aliphatic heterocycles. The van der Waals surface area contributed by atoms with Crippen molar-refractivity contribution in [3.05, 3.63) is 58.4 Å². The molecular weight excluding hydrogens is 566 g/mol. The third kappa shape index (κ3) is 6.56. The topological polar surface area (TPSA) is 82.1 Å². The van der Waals surface area contributed by atoms with Crippen LogP contribution >= 0.6 is 11.6 Å². The van der Waals surface area contributed by atoms with Crippen molar-refractivity contribution in [1.29, 1.82) is 0 Å². The number of piperidine rings is 2. The number of anilines is 1. The first-order valence-electron chi connectivity index (χ1n) is 13.6. The van der Waals surface area contributed by atoms with Crippen LogP contribution in [-0.2, 0) is 10.4 Å². The molecule has 41 heavy (non-hydrogen) atoms. The zero-order valence-electron chi connectivity index (χ0n) is 22.9. The highest BCUT2D eigenvalue weighted by Crippen LogP contribution is 2.43. The summed E-state index contributed by atoms with van der Waals surface area (Å²) in [6, 6.07) is 7.60. The van der Waals surface area contributed by atoms with Crippen LogP contribution in [0.1, 0.15) is 48.0 Å². The van der Waals surface area contributed by atoms with E-state index in [-0.39, 0.29) is 30.7 Å². The number of amides is 2. The predicted octanol–water partition coefficient (Wildman–Crippen LogP) is 5.14. The molecule has 2 saturated heterocycles. The maximum Gasteiger partial charge on any atom is 0.430 e. The molecule has 0 aromatic heterocycles. The number of ether oxygens (including phenoxy) is 1. The van der Waals surface area contributed by atoms with Crippen LogP contribution in [0.4, 0.5) is 23.2 Å². The lowest BCUT2D eigenvalue weighted by Crippen LogP contribution is -2.57. The molecule has 0 bridgehead atoms. The highest BCUT2D eigenvalue weighted by molar-refractivity contribution is 6.34. The summed E-state index contributed by atoms with van der Waals surface area (Å²) >= 11 is 6.31. The fraction of sp³-hybridized carbons (Fsp3) is 0.517. The van der Waals surface area contributed by atoms with Gasteiger partial charge in [0.2, 0.25) is 0 Å². The normalized spacial score (nSPS) is 18.6. The first-order chi connectivity index (χ1) is 19.4. The molecule has 2 heterocycles. The minimum Gasteiger partial charge on any atom is -0.497 e. The van der Waals surface area contributed by atoms with E-state index < -0.39 is 29.1 Å². The summed E-state index contributed by atoms with van der Waals surface area (Å²) in [5.74, 6) is -2.36. The van der Waals surface area contributed by atoms with Crippen molar-refractivity contribution in [2.24, 2.45) is 11.8 Å². The number of halogens is 5. The van der Waals surface area contributed by atoms with Crippen LogP contribution in [0.3, 0.4) is 0 Å². The van der Waals surface area contributed by atoms with E-state index >= 15 is 0 Å². The summed E-state index contributed by atoms with van der Waals surface area (Å²) in [5, 5.41) is 13.7. The lowest BCUT2D eigenvalue weighted by molar-refractivity contribution is -0.262. The predicted molar refractivity (Wildman–Crippen MR) is 147 cm³/mol. The van der Waals surface area contributed by atoms with Gasteiger partial charge in [-0.25, -0.2) is 4.39 Å². The molecule has 0 aliphatic carbocycles. The number of carbonyl (C=O) groups is 2. The molecule has 4 rings (SSSR count). The highest BCUT2D eigenvalue weighted by atomic mass is 35.5. The Morgan fingerprint density at radius 2 is 1.63 bits per heavy atom. The first kappa shape index (κ1) is 30.9. The minimum absolute atomic E-state index is 0.0728. The van der Waals surface area contributed by atoms with Gasteiger partial charge in [-0.2, -0.15) is 13.2 Å². The number of benzene rings is 2. The zero-order chi connectivity index (χ0) is 29.9. The first-order valence-corrected chi connectivity index (χ1v) is 13.9. The maximum atomic E-state index is 14.1. The van der Waals surface area contributed by atoms with Crippen LogP contribution in [-0.4, -0.2) is 68.3 Å². The number of hydrogen-bond donors (Lipinski definition) is 2. The Kier molecular flexibility index (Phi) is 9.38. The fourth-order valence-corrected chi connectivity index (χ4v) is 6.08. The Morgan fingerprint density at radius 3 is 2.17 bits per heavy atom. The van der Waals surface area contributed by atoms with Gasteiger partial charge < -0.3 is 25.0 Å². The molecule has 1 atom stereocenters. The van der Waals surface area contributed by atoms with Crippen molar-refractivity contribution in [2.75, 3.05) is 45.2 Å². The maximum absolute atomic E-state index is 14.1. The Labute approximate surface area is 241 Å². The number of rotatable bonds is 7. The number of methoxy groups -OCH3 is 1. The Morgan fingerprint density at radius 1 is 1.02 bits per heavy atom. The summed E-state index contributed by atoms with van der Waals surface area (Å²) in [4.78, 5) is 28.2. The van der Waals surface area contributed by atoms with Crippen molar-refractivity contribution < 1.29 is 37.0 Å². The van der Waals surface area contributed by atoms with Crippen LogP contribution < -0.4 is 15.0 Å². The molecule has 2 aromatic rings. The summed E-state index contributed by atoms with van der Waals surface area (Å²) in [6.45, 7) is 1.77. The van der Waals surface area contributed by atoms with Crippen LogP contribution in [0, 0.1) is 17.7 Å². The lowest BCUT2D eigenvalue weighted by Gasteiger charge is -2.40. The smallest absolute Gasteiger partial charge is 0.430 e. The van der Waals surface area contributed by atoms with E-state index in [1.807, 2.05) is 6.07 Å². The molecule has 2 fully saturated rings. The SMILES string of the molecule is CNC(=O)c1ccc(N2CCC(CC3CCN(C(=O)[C@](O)(c4cc(F)cc(OC)c4)C(F)(F)F)CC3)CC2)cc1Cl. The van der Waals surface area contributed by atoms with Crippen molar-refractivity contribution >= 4 is 29.1 Å². The monoisotopic (exact) mass is 599 g/mol. The van der Waals surface area contributed by atoms with Crippen molar-refractivity contribution in [2.45, 2.75) is 43.9 Å². The molecule has 0 unspecified atom stereocenters. The summed E-state index contributed by atoms with van der Waals surface area (Å²) in [7, 11) is 2.70. The van der Waals surface area contributed by atoms with Gasteiger partial charge in [-0.3, -0.25) is 9.59 Å². The van der Waals surface area contributed by atoms with Crippen LogP contribution in [0.5, 0.6) is 5.75 Å². The summed E-state index contributed by atoms with van der Waals surface area (Å²) in [5.41, 5.74) is -3.43. The number of nitrogens with one attached hydrogen (secondary N) is 1. The standard InChI is InChI=1S/C29H34ClF4N3O4/c1-35-26(38)24-4-3-22(17-25(24)30)36-9-5-18(6-10-36)13-19-7-11-37(12-8-19)27(39)28(40,29(32,33)34)20-14-21(31)16-23(15-20)41-2/h3-4,14-19,40H,5-13H2,1-2H3,(H,35,38)/t28-/m1/s1. The number of carbonyl (C=O) groups excluding carboxylic acids is 2.